The summed E-state index contributed by atoms with van der Waals surface area (Å²) in [5.74, 6) is 1.77. The molecule has 0 radical (unpaired) electrons. The zero-order valence-corrected chi connectivity index (χ0v) is 27.9. The Morgan fingerprint density at radius 1 is 0.977 bits per heavy atom. The van der Waals surface area contributed by atoms with Crippen molar-refractivity contribution in [1.29, 1.82) is 0 Å². The molecule has 0 saturated carbocycles. The smallest absolute Gasteiger partial charge is 0.210 e. The Hall–Kier alpha value is -2.09. The number of aromatic nitrogens is 1. The minimum atomic E-state index is -4.14. The Morgan fingerprint density at radius 2 is 1.64 bits per heavy atom. The maximum Gasteiger partial charge on any atom is 0.210 e. The van der Waals surface area contributed by atoms with Crippen molar-refractivity contribution in [1.82, 2.24) is 14.8 Å². The van der Waals surface area contributed by atoms with Crippen molar-refractivity contribution in [3.63, 3.8) is 0 Å². The van der Waals surface area contributed by atoms with Crippen molar-refractivity contribution < 1.29 is 22.1 Å². The number of hydrogen-bond donors (Lipinski definition) is 0. The fourth-order valence-electron chi connectivity index (χ4n) is 6.90. The average molecular weight is 661 g/mol. The van der Waals surface area contributed by atoms with Gasteiger partial charge < -0.3 is 19.1 Å². The molecule has 8 nitrogen and oxygen atoms in total. The number of piperidine rings is 2. The van der Waals surface area contributed by atoms with Crippen LogP contribution in [0.3, 0.4) is 0 Å². The molecule has 3 saturated heterocycles. The minimum absolute atomic E-state index is 0.0133. The molecule has 1 atom stereocenters. The lowest BCUT2D eigenvalue weighted by atomic mass is 9.96. The van der Waals surface area contributed by atoms with E-state index in [1.807, 2.05) is 0 Å². The van der Waals surface area contributed by atoms with Crippen LogP contribution in [-0.2, 0) is 21.0 Å². The molecular weight excluding hydrogens is 620 g/mol. The molecule has 3 fully saturated rings. The maximum absolute atomic E-state index is 14.8. The lowest BCUT2D eigenvalue weighted by Gasteiger charge is -2.45. The van der Waals surface area contributed by atoms with Gasteiger partial charge in [-0.2, -0.15) is 11.8 Å². The van der Waals surface area contributed by atoms with Gasteiger partial charge in [-0.3, -0.25) is 9.88 Å². The number of likely N-dealkylation sites (tertiary alicyclic amines) is 1. The zero-order valence-electron chi connectivity index (χ0n) is 25.4. The molecule has 12 heteroatoms. The molecule has 3 aliphatic heterocycles. The van der Waals surface area contributed by atoms with E-state index in [2.05, 4.69) is 31.4 Å². The van der Waals surface area contributed by atoms with Crippen LogP contribution in [0.2, 0.25) is 0 Å². The van der Waals surface area contributed by atoms with Crippen molar-refractivity contribution in [3.8, 4) is 5.75 Å². The number of nitrogens with zero attached hydrogens (tertiary/aromatic N) is 4. The van der Waals surface area contributed by atoms with Gasteiger partial charge in [0.15, 0.2) is 16.5 Å². The SMILES string of the molecule is CCOc1ccc(S(=O)(=O)c2cnc3ccc([S+](C)[O-])cc3c2N2CCC(N3CCC(N4CCSCC4)CC3)CC2)cc1F. The van der Waals surface area contributed by atoms with E-state index in [1.165, 1.54) is 55.8 Å². The number of benzene rings is 2. The van der Waals surface area contributed by atoms with Gasteiger partial charge in [0.2, 0.25) is 9.84 Å². The Bertz CT molecular complexity index is 1570. The van der Waals surface area contributed by atoms with Gasteiger partial charge in [0.1, 0.15) is 11.2 Å². The summed E-state index contributed by atoms with van der Waals surface area (Å²) in [5, 5.41) is 0.643. The summed E-state index contributed by atoms with van der Waals surface area (Å²) >= 11 is 0.801. The van der Waals surface area contributed by atoms with Crippen molar-refractivity contribution >= 4 is 49.4 Å². The molecular formula is C32H41FN4O4S3. The standard InChI is InChI=1S/C32H41FN4O4S3/c1-3-41-30-7-5-26(21-28(30)33)44(39,40)31-22-34-29-6-4-25(43(2)38)20-27(29)32(31)37-14-10-23(11-15-37)35-12-8-24(9-13-35)36-16-18-42-19-17-36/h4-7,20-24H,3,8-19H2,1-2H3. The van der Waals surface area contributed by atoms with Gasteiger partial charge in [0, 0.05) is 67.4 Å². The highest BCUT2D eigenvalue weighted by Crippen LogP contribution is 2.39. The molecule has 1 aromatic heterocycles. The third-order valence-corrected chi connectivity index (χ3v) is 12.9. The first-order valence-electron chi connectivity index (χ1n) is 15.5. The summed E-state index contributed by atoms with van der Waals surface area (Å²) in [6, 6.07) is 10.3. The number of hydrogen-bond acceptors (Lipinski definition) is 9. The molecule has 0 spiro atoms. The molecule has 0 amide bonds. The second kappa shape index (κ2) is 13.7. The van der Waals surface area contributed by atoms with Crippen molar-refractivity contribution in [2.45, 2.75) is 59.4 Å². The Kier molecular flexibility index (Phi) is 9.94. The van der Waals surface area contributed by atoms with E-state index in [9.17, 15) is 17.4 Å². The molecule has 1 unspecified atom stereocenters. The van der Waals surface area contributed by atoms with E-state index in [1.54, 1.807) is 31.4 Å². The van der Waals surface area contributed by atoms with E-state index < -0.39 is 26.8 Å². The predicted molar refractivity (Wildman–Crippen MR) is 176 cm³/mol. The van der Waals surface area contributed by atoms with E-state index in [0.717, 1.165) is 32.0 Å². The Balaban J connectivity index is 1.27. The molecule has 4 heterocycles. The number of ether oxygens (including phenoxy) is 1. The first kappa shape index (κ1) is 31.9. The Labute approximate surface area is 267 Å². The van der Waals surface area contributed by atoms with Gasteiger partial charge >= 0.3 is 0 Å². The van der Waals surface area contributed by atoms with Crippen molar-refractivity contribution in [3.05, 3.63) is 48.4 Å². The van der Waals surface area contributed by atoms with Crippen LogP contribution in [0.15, 0.2) is 57.3 Å². The molecule has 2 aromatic carbocycles. The number of halogens is 1. The molecule has 44 heavy (non-hydrogen) atoms. The summed E-state index contributed by atoms with van der Waals surface area (Å²) in [6.07, 6.45) is 7.25. The van der Waals surface area contributed by atoms with Gasteiger partial charge in [-0.25, -0.2) is 12.8 Å². The largest absolute Gasteiger partial charge is 0.612 e. The van der Waals surface area contributed by atoms with Crippen LogP contribution in [-0.4, -0.2) is 103 Å². The number of thioether (sulfide) groups is 1. The van der Waals surface area contributed by atoms with Crippen LogP contribution in [0.25, 0.3) is 10.9 Å². The van der Waals surface area contributed by atoms with Crippen molar-refractivity contribution in [2.24, 2.45) is 0 Å². The summed E-state index contributed by atoms with van der Waals surface area (Å²) in [6.45, 7) is 8.01. The van der Waals surface area contributed by atoms with E-state index in [4.69, 9.17) is 4.74 Å². The zero-order chi connectivity index (χ0) is 30.8. The molecule has 0 N–H and O–H groups in total. The molecule has 0 aliphatic carbocycles. The lowest BCUT2D eigenvalue weighted by Crippen LogP contribution is -2.52. The van der Waals surface area contributed by atoms with Crippen LogP contribution in [0.4, 0.5) is 10.1 Å². The molecule has 238 valence electrons. The van der Waals surface area contributed by atoms with Crippen LogP contribution in [0.5, 0.6) is 5.75 Å². The Morgan fingerprint density at radius 3 is 2.27 bits per heavy atom. The quantitative estimate of drug-likeness (QED) is 0.316. The van der Waals surface area contributed by atoms with Gasteiger partial charge in [0.05, 0.1) is 22.7 Å². The fraction of sp³-hybridized carbons (Fsp3) is 0.531. The normalized spacial score (nSPS) is 20.7. The molecule has 0 bridgehead atoms. The van der Waals surface area contributed by atoms with E-state index >= 15 is 0 Å². The number of anilines is 1. The number of sulfone groups is 1. The van der Waals surface area contributed by atoms with Crippen molar-refractivity contribution in [2.75, 3.05) is 68.5 Å². The first-order valence-corrected chi connectivity index (χ1v) is 19.7. The second-order valence-electron chi connectivity index (χ2n) is 11.8. The predicted octanol–water partition coefficient (Wildman–Crippen LogP) is 4.82. The fourth-order valence-corrected chi connectivity index (χ4v) is 9.82. The van der Waals surface area contributed by atoms with Gasteiger partial charge in [-0.05, 0) is 87.2 Å². The number of pyridine rings is 1. The monoisotopic (exact) mass is 660 g/mol. The summed E-state index contributed by atoms with van der Waals surface area (Å²) in [7, 11) is -4.14. The topological polar surface area (TPSA) is 89.0 Å². The summed E-state index contributed by atoms with van der Waals surface area (Å²) in [4.78, 5) is 12.4. The van der Waals surface area contributed by atoms with Crippen LogP contribution in [0, 0.1) is 5.82 Å². The summed E-state index contributed by atoms with van der Waals surface area (Å²) < 4.78 is 60.8. The third kappa shape index (κ3) is 6.57. The van der Waals surface area contributed by atoms with Gasteiger partial charge in [-0.15, -0.1) is 0 Å². The van der Waals surface area contributed by atoms with Crippen LogP contribution < -0.4 is 9.64 Å². The number of fused-ring (bicyclic) bond motifs is 1. The van der Waals surface area contributed by atoms with Crippen LogP contribution >= 0.6 is 11.8 Å². The highest BCUT2D eigenvalue weighted by molar-refractivity contribution is 7.99. The minimum Gasteiger partial charge on any atom is -0.612 e. The second-order valence-corrected chi connectivity index (χ2v) is 16.3. The maximum atomic E-state index is 14.8. The third-order valence-electron chi connectivity index (χ3n) is 9.27. The highest BCUT2D eigenvalue weighted by atomic mass is 32.2. The molecule has 3 aliphatic rings. The van der Waals surface area contributed by atoms with Crippen LogP contribution in [0.1, 0.15) is 32.6 Å². The molecule has 3 aromatic rings. The van der Waals surface area contributed by atoms with Gasteiger partial charge in [0.25, 0.3) is 0 Å². The number of rotatable bonds is 8. The summed E-state index contributed by atoms with van der Waals surface area (Å²) in [5.41, 5.74) is 1.18. The molecule has 6 rings (SSSR count). The average Bonchev–Trinajstić information content (AvgIpc) is 3.05. The van der Waals surface area contributed by atoms with E-state index in [-0.39, 0.29) is 22.1 Å². The first-order chi connectivity index (χ1) is 21.3. The highest BCUT2D eigenvalue weighted by Gasteiger charge is 2.34. The lowest BCUT2D eigenvalue weighted by molar-refractivity contribution is 0.0797. The van der Waals surface area contributed by atoms with Gasteiger partial charge in [-0.1, -0.05) is 0 Å². The van der Waals surface area contributed by atoms with E-state index in [0.29, 0.717) is 46.7 Å².